The van der Waals surface area contributed by atoms with Crippen molar-refractivity contribution in [3.8, 4) is 74.9 Å². The first-order valence-corrected chi connectivity index (χ1v) is 32.4. The zero-order valence-electron chi connectivity index (χ0n) is 54.1. The van der Waals surface area contributed by atoms with Crippen molar-refractivity contribution in [1.29, 1.82) is 21.0 Å². The topological polar surface area (TPSA) is 332 Å². The van der Waals surface area contributed by atoms with E-state index in [4.69, 9.17) is 29.5 Å². The number of benzene rings is 6. The average Bonchev–Trinajstić information content (AvgIpc) is 1.70. The van der Waals surface area contributed by atoms with E-state index in [1.807, 2.05) is 24.3 Å². The lowest BCUT2D eigenvalue weighted by Gasteiger charge is -2.38. The third-order valence-electron chi connectivity index (χ3n) is 18.0. The fraction of sp³-hybridized carbons (Fsp3) is 0.370. The van der Waals surface area contributed by atoms with Gasteiger partial charge in [0.25, 0.3) is 5.92 Å². The van der Waals surface area contributed by atoms with Gasteiger partial charge in [0.2, 0.25) is 35.4 Å². The number of piperidine rings is 3. The van der Waals surface area contributed by atoms with Crippen LogP contribution in [0, 0.1) is 62.6 Å². The first kappa shape index (κ1) is 72.7. The van der Waals surface area contributed by atoms with Crippen molar-refractivity contribution in [2.45, 2.75) is 93.9 Å². The number of rotatable bonds is 18. The quantitative estimate of drug-likeness (QED) is 0.0437. The summed E-state index contributed by atoms with van der Waals surface area (Å²) in [5.74, 6) is -9.96. The molecule has 0 radical (unpaired) electrons. The molecular formula is C73H68F6N10O12. The Morgan fingerprint density at radius 1 is 0.485 bits per heavy atom. The number of nitrogens with one attached hydrogen (secondary N) is 3. The van der Waals surface area contributed by atoms with Crippen molar-refractivity contribution in [2.75, 3.05) is 75.0 Å². The molecule has 101 heavy (non-hydrogen) atoms. The van der Waals surface area contributed by atoms with Crippen LogP contribution < -0.4 is 30.2 Å². The van der Waals surface area contributed by atoms with E-state index in [9.17, 15) is 76.2 Å². The summed E-state index contributed by atoms with van der Waals surface area (Å²) in [5.41, 5.74) is 5.28. The van der Waals surface area contributed by atoms with E-state index in [0.29, 0.717) is 52.2 Å². The third-order valence-corrected chi connectivity index (χ3v) is 18.0. The third kappa shape index (κ3) is 17.9. The lowest BCUT2D eigenvalue weighted by Crippen LogP contribution is -2.55. The fourth-order valence-electron chi connectivity index (χ4n) is 11.7. The van der Waals surface area contributed by atoms with E-state index in [0.717, 1.165) is 28.9 Å². The maximum Gasteiger partial charge on any atom is 0.301 e. The number of aliphatic hydroxyl groups excluding tert-OH is 3. The van der Waals surface area contributed by atoms with Crippen LogP contribution in [-0.4, -0.2) is 167 Å². The van der Waals surface area contributed by atoms with Gasteiger partial charge in [0.15, 0.2) is 18.4 Å². The molecule has 28 heteroatoms. The second-order valence-electron chi connectivity index (χ2n) is 25.2. The van der Waals surface area contributed by atoms with Gasteiger partial charge in [-0.15, -0.1) is 0 Å². The highest BCUT2D eigenvalue weighted by Gasteiger charge is 2.61. The molecule has 3 saturated heterocycles. The monoisotopic (exact) mass is 1390 g/mol. The van der Waals surface area contributed by atoms with Gasteiger partial charge in [-0.05, 0) is 132 Å². The maximum atomic E-state index is 14.6. The molecule has 6 aromatic carbocycles. The fourth-order valence-corrected chi connectivity index (χ4v) is 11.7. The average molecular weight is 1390 g/mol. The van der Waals surface area contributed by atoms with Crippen LogP contribution in [0.1, 0.15) is 68.1 Å². The van der Waals surface area contributed by atoms with Crippen molar-refractivity contribution in [3.05, 3.63) is 144 Å². The number of nitriles is 4. The number of alkyl halides is 6. The number of likely N-dealkylation sites (tertiary alicyclic amines) is 3. The Morgan fingerprint density at radius 2 is 0.871 bits per heavy atom. The molecule has 6 fully saturated rings. The lowest BCUT2D eigenvalue weighted by atomic mass is 10.0. The number of hydrogen-bond acceptors (Lipinski definition) is 16. The van der Waals surface area contributed by atoms with Gasteiger partial charge in [0.1, 0.15) is 78.8 Å². The van der Waals surface area contributed by atoms with Crippen LogP contribution in [0.5, 0.6) is 17.2 Å². The van der Waals surface area contributed by atoms with Gasteiger partial charge in [-0.25, -0.2) is 26.3 Å². The number of halogens is 6. The van der Waals surface area contributed by atoms with Gasteiger partial charge in [-0.2, -0.15) is 21.0 Å². The maximum absolute atomic E-state index is 14.6. The number of carbonyl (C=O) groups excluding carboxylic acids is 6. The Balaban J connectivity index is 0.000000163. The second kappa shape index (κ2) is 31.4. The highest BCUT2D eigenvalue weighted by atomic mass is 19.3. The molecule has 6 atom stereocenters. The number of nitrogens with zero attached hydrogens (tertiary/aromatic N) is 7. The van der Waals surface area contributed by atoms with Crippen LogP contribution in [0.3, 0.4) is 0 Å². The molecule has 0 aromatic heterocycles. The first-order valence-electron chi connectivity index (χ1n) is 32.4. The number of anilines is 3. The number of amides is 6. The molecule has 3 aliphatic heterocycles. The Hall–Kier alpha value is -11.0. The van der Waals surface area contributed by atoms with Crippen molar-refractivity contribution < 1.29 is 84.6 Å². The van der Waals surface area contributed by atoms with Gasteiger partial charge in [0.05, 0.1) is 42.4 Å². The summed E-state index contributed by atoms with van der Waals surface area (Å²) in [6.07, 6.45) is -3.32. The predicted molar refractivity (Wildman–Crippen MR) is 352 cm³/mol. The minimum Gasteiger partial charge on any atom is -0.486 e. The van der Waals surface area contributed by atoms with Gasteiger partial charge < -0.3 is 60.2 Å². The largest absolute Gasteiger partial charge is 0.486 e. The summed E-state index contributed by atoms with van der Waals surface area (Å²) in [6.45, 7) is -2.88. The molecule has 3 aliphatic carbocycles. The van der Waals surface area contributed by atoms with Crippen LogP contribution in [0.15, 0.2) is 127 Å². The van der Waals surface area contributed by atoms with E-state index in [1.165, 1.54) is 15.9 Å². The van der Waals surface area contributed by atoms with Crippen LogP contribution in [0.25, 0.3) is 33.4 Å². The minimum atomic E-state index is -3.33. The van der Waals surface area contributed by atoms with E-state index in [2.05, 4.69) is 28.1 Å². The summed E-state index contributed by atoms with van der Waals surface area (Å²) in [5, 5.41) is 73.0. The van der Waals surface area contributed by atoms with Crippen LogP contribution in [0.4, 0.5) is 43.4 Å². The number of ether oxygens (including phenoxy) is 3. The highest BCUT2D eigenvalue weighted by Crippen LogP contribution is 2.49. The van der Waals surface area contributed by atoms with E-state index < -0.39 is 110 Å². The number of carbonyl (C=O) groups is 6. The summed E-state index contributed by atoms with van der Waals surface area (Å²) >= 11 is 0. The molecule has 3 saturated carbocycles. The normalized spacial score (nSPS) is 21.0. The molecule has 3 heterocycles. The van der Waals surface area contributed by atoms with Gasteiger partial charge >= 0.3 is 5.92 Å². The van der Waals surface area contributed by atoms with Gasteiger partial charge in [0, 0.05) is 68.3 Å². The Labute approximate surface area is 575 Å². The highest BCUT2D eigenvalue weighted by molar-refractivity contribution is 6.00. The predicted octanol–water partition coefficient (Wildman–Crippen LogP) is 9.09. The molecule has 6 N–H and O–H groups in total. The zero-order valence-corrected chi connectivity index (χ0v) is 54.1. The SMILES string of the molecule is N#Cc1cc(-c2cccc(NC(=O)C3(C#N)CC3)c2)ccc1O[C@H]1CCN(C(=O)CO)C[C@H]1F.N#Cc1cc(-c2cccc(NC(=O)C3CC3(F)F)c2)ccc1O[C@H]1CCN(C(=O)CO)C[C@H]1F.N#Cc1cc(-c2cccc(NC(=O)C3CC3)c2)ccc1O[C@H]1CCN(C(=O)CO)CC1(F)F. The van der Waals surface area contributed by atoms with Crippen molar-refractivity contribution in [1.82, 2.24) is 14.7 Å². The molecule has 0 spiro atoms. The molecule has 6 aromatic rings. The smallest absolute Gasteiger partial charge is 0.301 e. The van der Waals surface area contributed by atoms with Crippen molar-refractivity contribution >= 4 is 52.5 Å². The zero-order chi connectivity index (χ0) is 72.3. The standard InChI is InChI=1S/C25H23FN4O4.C24H22F3N3O4.C24H23F2N3O4/c26-20-13-30(23(32)14-31)9-6-22(20)34-21-5-4-17(10-18(21)12-27)16-2-1-3-19(11-16)29-24(33)25(15-28)7-8-25;25-19-12-30(22(32)13-31)7-6-21(19)34-20-5-4-15(8-16(20)11-28)14-2-1-3-17(9-14)29-23(33)18-10-24(18,26)27;25-24(26)14-29(22(31)13-30)9-8-21(24)33-20-7-6-17(10-18(20)12-27)16-2-1-3-19(11-16)28-23(32)15-4-5-15/h1-5,10-11,20,22,31H,6-9,13-14H2,(H,29,33);1-5,8-9,18-19,21,31H,6-7,10,12-13H2,(H,29,33);1-3,6-7,10-11,15,21,30H,4-5,8-9,13-14H2,(H,28,32)/t20-,22+;18?,19-,21+;21-/m110/s1. The summed E-state index contributed by atoms with van der Waals surface area (Å²) in [7, 11) is 0. The molecule has 6 amide bonds. The van der Waals surface area contributed by atoms with E-state index >= 15 is 0 Å². The molecule has 1 unspecified atom stereocenters. The Kier molecular flexibility index (Phi) is 22.6. The van der Waals surface area contributed by atoms with Crippen molar-refractivity contribution in [3.63, 3.8) is 0 Å². The molecular weight excluding hydrogens is 1320 g/mol. The van der Waals surface area contributed by atoms with E-state index in [1.54, 1.807) is 109 Å². The first-order chi connectivity index (χ1) is 48.4. The summed E-state index contributed by atoms with van der Waals surface area (Å²) in [4.78, 5) is 74.4. The molecule has 6 aliphatic rings. The minimum absolute atomic E-state index is 0.0127. The lowest BCUT2D eigenvalue weighted by molar-refractivity contribution is -0.161. The van der Waals surface area contributed by atoms with Crippen LogP contribution in [0.2, 0.25) is 0 Å². The van der Waals surface area contributed by atoms with Gasteiger partial charge in [-0.3, -0.25) is 28.8 Å². The Morgan fingerprint density at radius 3 is 1.24 bits per heavy atom. The number of aliphatic hydroxyl groups is 3. The number of hydrogen-bond donors (Lipinski definition) is 6. The Bertz CT molecular complexity index is 4320. The summed E-state index contributed by atoms with van der Waals surface area (Å²) in [6, 6.07) is 43.5. The molecule has 12 rings (SSSR count). The van der Waals surface area contributed by atoms with Gasteiger partial charge in [-0.1, -0.05) is 54.6 Å². The van der Waals surface area contributed by atoms with E-state index in [-0.39, 0.29) is 104 Å². The van der Waals surface area contributed by atoms with Crippen molar-refractivity contribution in [2.24, 2.45) is 17.3 Å². The summed E-state index contributed by atoms with van der Waals surface area (Å²) < 4.78 is 102. The molecule has 22 nitrogen and oxygen atoms in total. The van der Waals surface area contributed by atoms with Crippen LogP contribution >= 0.6 is 0 Å². The molecule has 524 valence electrons. The van der Waals surface area contributed by atoms with Crippen LogP contribution in [-0.2, 0) is 28.8 Å². The second-order valence-corrected chi connectivity index (χ2v) is 25.2. The molecule has 0 bridgehead atoms.